The maximum Gasteiger partial charge on any atom is 0.123 e. The van der Waals surface area contributed by atoms with Crippen molar-refractivity contribution in [2.45, 2.75) is 31.5 Å². The van der Waals surface area contributed by atoms with Gasteiger partial charge in [-0.2, -0.15) is 0 Å². The van der Waals surface area contributed by atoms with Crippen molar-refractivity contribution >= 4 is 0 Å². The first-order valence-electron chi connectivity index (χ1n) is 7.28. The number of aromatic nitrogens is 1. The van der Waals surface area contributed by atoms with Crippen LogP contribution in [0.2, 0.25) is 0 Å². The summed E-state index contributed by atoms with van der Waals surface area (Å²) in [6, 6.07) is 10.7. The summed E-state index contributed by atoms with van der Waals surface area (Å²) in [5, 5.41) is 10.2. The van der Waals surface area contributed by atoms with E-state index in [1.165, 1.54) is 6.07 Å². The minimum atomic E-state index is -0.334. The molecule has 0 aliphatic carbocycles. The molecule has 1 aromatic carbocycles. The van der Waals surface area contributed by atoms with E-state index in [1.807, 2.05) is 24.4 Å². The zero-order valence-electron chi connectivity index (χ0n) is 11.8. The van der Waals surface area contributed by atoms with Gasteiger partial charge < -0.3 is 5.11 Å². The van der Waals surface area contributed by atoms with Crippen LogP contribution in [0, 0.1) is 5.82 Å². The van der Waals surface area contributed by atoms with Crippen molar-refractivity contribution in [1.82, 2.24) is 9.88 Å². The molecule has 21 heavy (non-hydrogen) atoms. The summed E-state index contributed by atoms with van der Waals surface area (Å²) in [4.78, 5) is 6.35. The minimum Gasteiger partial charge on any atom is -0.391 e. The smallest absolute Gasteiger partial charge is 0.123 e. The fraction of sp³-hybridized carbons (Fsp3) is 0.353. The van der Waals surface area contributed by atoms with Gasteiger partial charge in [0.15, 0.2) is 0 Å². The SMILES string of the molecule is O[C@@H]1CCN(Cc2cccc(F)c2)[C@@H]1Cc1cccnc1. The molecule has 0 saturated carbocycles. The maximum atomic E-state index is 13.3. The number of likely N-dealkylation sites (tertiary alicyclic amines) is 1. The lowest BCUT2D eigenvalue weighted by Crippen LogP contribution is -2.36. The van der Waals surface area contributed by atoms with E-state index in [2.05, 4.69) is 9.88 Å². The van der Waals surface area contributed by atoms with Crippen molar-refractivity contribution in [1.29, 1.82) is 0 Å². The highest BCUT2D eigenvalue weighted by Crippen LogP contribution is 2.24. The second kappa shape index (κ2) is 6.33. The van der Waals surface area contributed by atoms with Crippen LogP contribution in [-0.4, -0.2) is 33.7 Å². The molecule has 1 saturated heterocycles. The molecule has 0 amide bonds. The van der Waals surface area contributed by atoms with Gasteiger partial charge in [0.05, 0.1) is 6.10 Å². The largest absolute Gasteiger partial charge is 0.391 e. The van der Waals surface area contributed by atoms with Crippen LogP contribution in [0.4, 0.5) is 4.39 Å². The van der Waals surface area contributed by atoms with Gasteiger partial charge in [0.25, 0.3) is 0 Å². The van der Waals surface area contributed by atoms with E-state index < -0.39 is 0 Å². The molecule has 1 N–H and O–H groups in total. The number of hydrogen-bond acceptors (Lipinski definition) is 3. The van der Waals surface area contributed by atoms with E-state index in [9.17, 15) is 9.50 Å². The Labute approximate surface area is 124 Å². The van der Waals surface area contributed by atoms with Crippen molar-refractivity contribution in [2.24, 2.45) is 0 Å². The molecule has 2 aromatic rings. The van der Waals surface area contributed by atoms with E-state index in [4.69, 9.17) is 0 Å². The zero-order chi connectivity index (χ0) is 14.7. The van der Waals surface area contributed by atoms with E-state index in [0.29, 0.717) is 6.54 Å². The molecule has 1 aromatic heterocycles. The Bertz CT molecular complexity index is 590. The Morgan fingerprint density at radius 1 is 1.24 bits per heavy atom. The highest BCUT2D eigenvalue weighted by molar-refractivity contribution is 5.17. The van der Waals surface area contributed by atoms with Crippen LogP contribution in [-0.2, 0) is 13.0 Å². The lowest BCUT2D eigenvalue weighted by Gasteiger charge is -2.26. The summed E-state index contributed by atoms with van der Waals surface area (Å²) >= 11 is 0. The van der Waals surface area contributed by atoms with Gasteiger partial charge in [-0.15, -0.1) is 0 Å². The molecule has 2 heterocycles. The first kappa shape index (κ1) is 14.2. The standard InChI is InChI=1S/C17H19FN2O/c18-15-5-1-3-14(9-15)12-20-8-6-17(21)16(20)10-13-4-2-7-19-11-13/h1-5,7,9,11,16-17,21H,6,8,10,12H2/t16-,17-/m1/s1. The molecule has 4 heteroatoms. The summed E-state index contributed by atoms with van der Waals surface area (Å²) in [6.45, 7) is 1.50. The van der Waals surface area contributed by atoms with Gasteiger partial charge in [-0.3, -0.25) is 9.88 Å². The molecule has 3 rings (SSSR count). The number of nitrogens with zero attached hydrogens (tertiary/aromatic N) is 2. The van der Waals surface area contributed by atoms with Crippen molar-refractivity contribution in [3.63, 3.8) is 0 Å². The van der Waals surface area contributed by atoms with Crippen molar-refractivity contribution < 1.29 is 9.50 Å². The monoisotopic (exact) mass is 286 g/mol. The molecule has 110 valence electrons. The number of pyridine rings is 1. The van der Waals surface area contributed by atoms with Gasteiger partial charge in [-0.1, -0.05) is 18.2 Å². The molecule has 0 bridgehead atoms. The topological polar surface area (TPSA) is 36.4 Å². The van der Waals surface area contributed by atoms with Gasteiger partial charge >= 0.3 is 0 Å². The van der Waals surface area contributed by atoms with Crippen LogP contribution in [0.5, 0.6) is 0 Å². The lowest BCUT2D eigenvalue weighted by atomic mass is 10.0. The van der Waals surface area contributed by atoms with Gasteiger partial charge in [0.2, 0.25) is 0 Å². The fourth-order valence-corrected chi connectivity index (χ4v) is 2.99. The van der Waals surface area contributed by atoms with Crippen LogP contribution < -0.4 is 0 Å². The van der Waals surface area contributed by atoms with E-state index in [1.54, 1.807) is 18.3 Å². The highest BCUT2D eigenvalue weighted by atomic mass is 19.1. The number of aliphatic hydroxyl groups excluding tert-OH is 1. The third kappa shape index (κ3) is 3.46. The Hall–Kier alpha value is -1.78. The second-order valence-electron chi connectivity index (χ2n) is 5.59. The number of aliphatic hydroxyl groups is 1. The second-order valence-corrected chi connectivity index (χ2v) is 5.59. The molecule has 2 atom stereocenters. The highest BCUT2D eigenvalue weighted by Gasteiger charge is 2.32. The van der Waals surface area contributed by atoms with Gasteiger partial charge in [-0.05, 0) is 42.2 Å². The van der Waals surface area contributed by atoms with Crippen LogP contribution in [0.25, 0.3) is 0 Å². The Morgan fingerprint density at radius 3 is 2.86 bits per heavy atom. The predicted molar refractivity (Wildman–Crippen MR) is 79.2 cm³/mol. The summed E-state index contributed by atoms with van der Waals surface area (Å²) < 4.78 is 13.3. The summed E-state index contributed by atoms with van der Waals surface area (Å²) in [5.41, 5.74) is 2.06. The average molecular weight is 286 g/mol. The Balaban J connectivity index is 1.72. The number of rotatable bonds is 4. The molecular formula is C17H19FN2O. The number of halogens is 1. The minimum absolute atomic E-state index is 0.0671. The zero-order valence-corrected chi connectivity index (χ0v) is 11.8. The van der Waals surface area contributed by atoms with Gasteiger partial charge in [0, 0.05) is 31.5 Å². The molecule has 1 aliphatic heterocycles. The molecule has 1 fully saturated rings. The number of benzene rings is 1. The third-order valence-corrected chi connectivity index (χ3v) is 4.07. The van der Waals surface area contributed by atoms with Crippen LogP contribution >= 0.6 is 0 Å². The van der Waals surface area contributed by atoms with E-state index in [-0.39, 0.29) is 18.0 Å². The van der Waals surface area contributed by atoms with Crippen LogP contribution in [0.3, 0.4) is 0 Å². The molecule has 0 radical (unpaired) electrons. The summed E-state index contributed by atoms with van der Waals surface area (Å²) in [7, 11) is 0. The normalized spacial score (nSPS) is 22.6. The summed E-state index contributed by atoms with van der Waals surface area (Å²) in [5.74, 6) is -0.212. The van der Waals surface area contributed by atoms with Crippen molar-refractivity contribution in [3.8, 4) is 0 Å². The molecule has 0 unspecified atom stereocenters. The van der Waals surface area contributed by atoms with Crippen LogP contribution in [0.1, 0.15) is 17.5 Å². The lowest BCUT2D eigenvalue weighted by molar-refractivity contribution is 0.112. The maximum absolute atomic E-state index is 13.3. The molecule has 0 spiro atoms. The van der Waals surface area contributed by atoms with Gasteiger partial charge in [-0.25, -0.2) is 4.39 Å². The summed E-state index contributed by atoms with van der Waals surface area (Å²) in [6.07, 6.45) is 4.79. The first-order valence-corrected chi connectivity index (χ1v) is 7.28. The van der Waals surface area contributed by atoms with E-state index in [0.717, 1.165) is 30.5 Å². The van der Waals surface area contributed by atoms with Gasteiger partial charge in [0.1, 0.15) is 5.82 Å². The number of hydrogen-bond donors (Lipinski definition) is 1. The average Bonchev–Trinajstić information content (AvgIpc) is 2.81. The van der Waals surface area contributed by atoms with E-state index >= 15 is 0 Å². The van der Waals surface area contributed by atoms with Crippen molar-refractivity contribution in [2.75, 3.05) is 6.54 Å². The van der Waals surface area contributed by atoms with Crippen molar-refractivity contribution in [3.05, 3.63) is 65.7 Å². The molecular weight excluding hydrogens is 267 g/mol. The third-order valence-electron chi connectivity index (χ3n) is 4.07. The Kier molecular flexibility index (Phi) is 4.27. The van der Waals surface area contributed by atoms with Crippen LogP contribution in [0.15, 0.2) is 48.8 Å². The fourth-order valence-electron chi connectivity index (χ4n) is 2.99. The molecule has 1 aliphatic rings. The predicted octanol–water partition coefficient (Wildman–Crippen LogP) is 2.40. The first-order chi connectivity index (χ1) is 10.2. The Morgan fingerprint density at radius 2 is 2.10 bits per heavy atom. The quantitative estimate of drug-likeness (QED) is 0.937. The molecule has 3 nitrogen and oxygen atoms in total.